The topological polar surface area (TPSA) is 87.2 Å². The van der Waals surface area contributed by atoms with Crippen molar-refractivity contribution in [2.45, 2.75) is 13.5 Å². The van der Waals surface area contributed by atoms with E-state index in [2.05, 4.69) is 15.5 Å². The van der Waals surface area contributed by atoms with Crippen LogP contribution in [0.25, 0.3) is 10.9 Å². The van der Waals surface area contributed by atoms with E-state index in [0.29, 0.717) is 6.54 Å². The van der Waals surface area contributed by atoms with Crippen LogP contribution in [0.15, 0.2) is 36.4 Å². The molecule has 0 bridgehead atoms. The van der Waals surface area contributed by atoms with Crippen LogP contribution in [0.3, 0.4) is 0 Å². The van der Waals surface area contributed by atoms with E-state index in [1.807, 2.05) is 25.1 Å². The third-order valence-electron chi connectivity index (χ3n) is 3.84. The summed E-state index contributed by atoms with van der Waals surface area (Å²) in [6.07, 6.45) is 0. The molecule has 3 rings (SSSR count). The molecule has 0 atom stereocenters. The number of nitrogens with zero attached hydrogens (tertiary/aromatic N) is 1. The smallest absolute Gasteiger partial charge is 0.335 e. The highest BCUT2D eigenvalue weighted by Crippen LogP contribution is 2.26. The lowest BCUT2D eigenvalue weighted by atomic mass is 10.1. The fraction of sp³-hybridized carbons (Fsp3) is 0.176. The molecule has 0 fully saturated rings. The fourth-order valence-electron chi connectivity index (χ4n) is 2.54. The second-order valence-electron chi connectivity index (χ2n) is 5.23. The Morgan fingerprint density at radius 3 is 2.91 bits per heavy atom. The van der Waals surface area contributed by atoms with E-state index in [1.54, 1.807) is 25.3 Å². The molecule has 2 aromatic carbocycles. The zero-order valence-electron chi connectivity index (χ0n) is 12.9. The molecule has 6 nitrogen and oxygen atoms in total. The van der Waals surface area contributed by atoms with Gasteiger partial charge in [-0.2, -0.15) is 5.10 Å². The maximum absolute atomic E-state index is 11.1. The van der Waals surface area contributed by atoms with Gasteiger partial charge in [0, 0.05) is 16.6 Å². The molecule has 1 aromatic heterocycles. The molecule has 0 aliphatic rings. The molecule has 0 aliphatic carbocycles. The fourth-order valence-corrected chi connectivity index (χ4v) is 2.54. The van der Waals surface area contributed by atoms with E-state index in [4.69, 9.17) is 9.84 Å². The van der Waals surface area contributed by atoms with Gasteiger partial charge < -0.3 is 15.2 Å². The monoisotopic (exact) mass is 311 g/mol. The van der Waals surface area contributed by atoms with Gasteiger partial charge in [-0.1, -0.05) is 6.07 Å². The maximum atomic E-state index is 11.1. The van der Waals surface area contributed by atoms with Crippen molar-refractivity contribution in [1.82, 2.24) is 10.2 Å². The Labute approximate surface area is 133 Å². The minimum Gasteiger partial charge on any atom is -0.496 e. The molecule has 1 heterocycles. The Hall–Kier alpha value is -3.02. The number of methoxy groups -OCH3 is 1. The first-order valence-electron chi connectivity index (χ1n) is 7.18. The molecule has 0 unspecified atom stereocenters. The third kappa shape index (κ3) is 2.83. The summed E-state index contributed by atoms with van der Waals surface area (Å²) in [5.74, 6) is -0.131. The standard InChI is InChI=1S/C17H17N3O3/c1-10-13(4-3-5-16(10)23-2)18-9-15-12-8-11(17(21)22)6-7-14(12)19-20-15/h3-8,18H,9H2,1-2H3,(H,19,20)(H,21,22). The zero-order chi connectivity index (χ0) is 16.4. The number of ether oxygens (including phenoxy) is 1. The van der Waals surface area contributed by atoms with Gasteiger partial charge in [-0.15, -0.1) is 0 Å². The average molecular weight is 311 g/mol. The van der Waals surface area contributed by atoms with Crippen molar-refractivity contribution in [3.63, 3.8) is 0 Å². The van der Waals surface area contributed by atoms with Crippen molar-refractivity contribution in [3.05, 3.63) is 53.2 Å². The molecule has 0 saturated heterocycles. The number of hydrogen-bond donors (Lipinski definition) is 3. The molecule has 3 N–H and O–H groups in total. The molecule has 0 amide bonds. The number of H-pyrrole nitrogens is 1. The zero-order valence-corrected chi connectivity index (χ0v) is 12.9. The first kappa shape index (κ1) is 14.9. The van der Waals surface area contributed by atoms with Gasteiger partial charge in [-0.3, -0.25) is 5.10 Å². The number of benzene rings is 2. The van der Waals surface area contributed by atoms with Crippen LogP contribution in [0.2, 0.25) is 0 Å². The van der Waals surface area contributed by atoms with E-state index >= 15 is 0 Å². The second-order valence-corrected chi connectivity index (χ2v) is 5.23. The number of hydrogen-bond acceptors (Lipinski definition) is 4. The summed E-state index contributed by atoms with van der Waals surface area (Å²) in [7, 11) is 1.64. The van der Waals surface area contributed by atoms with Gasteiger partial charge in [0.15, 0.2) is 0 Å². The largest absolute Gasteiger partial charge is 0.496 e. The normalized spacial score (nSPS) is 10.7. The average Bonchev–Trinajstić information content (AvgIpc) is 2.96. The number of anilines is 1. The van der Waals surface area contributed by atoms with E-state index in [0.717, 1.165) is 33.6 Å². The van der Waals surface area contributed by atoms with Crippen LogP contribution in [-0.4, -0.2) is 28.4 Å². The maximum Gasteiger partial charge on any atom is 0.335 e. The van der Waals surface area contributed by atoms with Crippen molar-refractivity contribution in [2.24, 2.45) is 0 Å². The minimum atomic E-state index is -0.948. The first-order valence-corrected chi connectivity index (χ1v) is 7.18. The van der Waals surface area contributed by atoms with Gasteiger partial charge in [0.25, 0.3) is 0 Å². The van der Waals surface area contributed by atoms with Crippen molar-refractivity contribution in [1.29, 1.82) is 0 Å². The van der Waals surface area contributed by atoms with Crippen LogP contribution in [0.4, 0.5) is 5.69 Å². The summed E-state index contributed by atoms with van der Waals surface area (Å²) >= 11 is 0. The Morgan fingerprint density at radius 1 is 1.35 bits per heavy atom. The van der Waals surface area contributed by atoms with Gasteiger partial charge in [0.2, 0.25) is 0 Å². The highest BCUT2D eigenvalue weighted by molar-refractivity contribution is 5.94. The van der Waals surface area contributed by atoms with E-state index < -0.39 is 5.97 Å². The summed E-state index contributed by atoms with van der Waals surface area (Å²) in [4.78, 5) is 11.1. The summed E-state index contributed by atoms with van der Waals surface area (Å²) in [5, 5.41) is 20.4. The second kappa shape index (κ2) is 6.00. The molecular weight excluding hydrogens is 294 g/mol. The number of fused-ring (bicyclic) bond motifs is 1. The van der Waals surface area contributed by atoms with Crippen molar-refractivity contribution < 1.29 is 14.6 Å². The SMILES string of the molecule is COc1cccc(NCc2[nH]nc3ccc(C(=O)O)cc23)c1C. The quantitative estimate of drug-likeness (QED) is 0.673. The van der Waals surface area contributed by atoms with Gasteiger partial charge in [-0.05, 0) is 37.3 Å². The molecule has 6 heteroatoms. The van der Waals surface area contributed by atoms with E-state index in [9.17, 15) is 4.79 Å². The number of aromatic amines is 1. The molecule has 23 heavy (non-hydrogen) atoms. The third-order valence-corrected chi connectivity index (χ3v) is 3.84. The highest BCUT2D eigenvalue weighted by atomic mass is 16.5. The van der Waals surface area contributed by atoms with E-state index in [-0.39, 0.29) is 5.56 Å². The Balaban J connectivity index is 1.87. The van der Waals surface area contributed by atoms with Gasteiger partial charge >= 0.3 is 5.97 Å². The lowest BCUT2D eigenvalue weighted by Crippen LogP contribution is -2.03. The van der Waals surface area contributed by atoms with Crippen LogP contribution < -0.4 is 10.1 Å². The highest BCUT2D eigenvalue weighted by Gasteiger charge is 2.10. The van der Waals surface area contributed by atoms with E-state index in [1.165, 1.54) is 0 Å². The summed E-state index contributed by atoms with van der Waals surface area (Å²) in [5.41, 5.74) is 3.81. The summed E-state index contributed by atoms with van der Waals surface area (Å²) in [6, 6.07) is 10.7. The Bertz CT molecular complexity index is 871. The number of aromatic carboxylic acids is 1. The van der Waals surface area contributed by atoms with Crippen LogP contribution in [-0.2, 0) is 6.54 Å². The minimum absolute atomic E-state index is 0.248. The number of nitrogens with one attached hydrogen (secondary N) is 2. The number of rotatable bonds is 5. The lowest BCUT2D eigenvalue weighted by Gasteiger charge is -2.12. The Morgan fingerprint density at radius 2 is 2.17 bits per heavy atom. The van der Waals surface area contributed by atoms with Gasteiger partial charge in [0.05, 0.1) is 30.4 Å². The first-order chi connectivity index (χ1) is 11.1. The molecule has 118 valence electrons. The number of carbonyl (C=O) groups is 1. The molecule has 0 radical (unpaired) electrons. The number of carboxylic acid groups (broad SMARTS) is 1. The van der Waals surface area contributed by atoms with Crippen LogP contribution in [0, 0.1) is 6.92 Å². The summed E-state index contributed by atoms with van der Waals surface area (Å²) in [6.45, 7) is 2.49. The van der Waals surface area contributed by atoms with Crippen LogP contribution >= 0.6 is 0 Å². The molecule has 3 aromatic rings. The van der Waals surface area contributed by atoms with Crippen molar-refractivity contribution >= 4 is 22.6 Å². The van der Waals surface area contributed by atoms with Crippen molar-refractivity contribution in [2.75, 3.05) is 12.4 Å². The predicted molar refractivity (Wildman–Crippen MR) is 88.1 cm³/mol. The number of carboxylic acids is 1. The summed E-state index contributed by atoms with van der Waals surface area (Å²) < 4.78 is 5.31. The van der Waals surface area contributed by atoms with Crippen LogP contribution in [0.5, 0.6) is 5.75 Å². The van der Waals surface area contributed by atoms with Crippen LogP contribution in [0.1, 0.15) is 21.6 Å². The molecule has 0 aliphatic heterocycles. The Kier molecular flexibility index (Phi) is 3.89. The predicted octanol–water partition coefficient (Wildman–Crippen LogP) is 3.19. The molecular formula is C17H17N3O3. The van der Waals surface area contributed by atoms with Crippen molar-refractivity contribution in [3.8, 4) is 5.75 Å². The molecule has 0 saturated carbocycles. The lowest BCUT2D eigenvalue weighted by molar-refractivity contribution is 0.0697. The molecule has 0 spiro atoms. The van der Waals surface area contributed by atoms with Gasteiger partial charge in [-0.25, -0.2) is 4.79 Å². The number of aromatic nitrogens is 2. The van der Waals surface area contributed by atoms with Gasteiger partial charge in [0.1, 0.15) is 5.75 Å².